The van der Waals surface area contributed by atoms with Gasteiger partial charge in [0, 0.05) is 49.4 Å². The first kappa shape index (κ1) is 31.1. The highest BCUT2D eigenvalue weighted by Gasteiger charge is 2.44. The molecule has 1 aromatic heterocycles. The number of piperazine rings is 1. The summed E-state index contributed by atoms with van der Waals surface area (Å²) in [5, 5.41) is 3.59. The zero-order valence-corrected chi connectivity index (χ0v) is 26.9. The molecule has 1 aliphatic carbocycles. The molecule has 0 spiro atoms. The van der Waals surface area contributed by atoms with Crippen molar-refractivity contribution in [2.75, 3.05) is 64.3 Å². The number of nitrogens with zero attached hydrogens (tertiary/aromatic N) is 3. The number of carbonyl (C=O) groups excluding carboxylic acids is 3. The molecule has 3 heterocycles. The van der Waals surface area contributed by atoms with Crippen LogP contribution < -0.4 is 24.4 Å². The van der Waals surface area contributed by atoms with Crippen molar-refractivity contribution in [1.29, 1.82) is 0 Å². The van der Waals surface area contributed by atoms with Gasteiger partial charge in [-0.1, -0.05) is 26.0 Å². The van der Waals surface area contributed by atoms with Gasteiger partial charge in [-0.3, -0.25) is 14.4 Å². The van der Waals surface area contributed by atoms with Gasteiger partial charge in [0.1, 0.15) is 0 Å². The first-order valence-electron chi connectivity index (χ1n) is 15.4. The van der Waals surface area contributed by atoms with Crippen molar-refractivity contribution in [2.45, 2.75) is 32.7 Å². The lowest BCUT2D eigenvalue weighted by atomic mass is 9.73. The minimum Gasteiger partial charge on any atom is -0.493 e. The number of ether oxygens (including phenoxy) is 3. The van der Waals surface area contributed by atoms with E-state index in [2.05, 4.69) is 19.2 Å². The smallest absolute Gasteiger partial charge is 0.289 e. The maximum absolute atomic E-state index is 14.2. The molecule has 11 heteroatoms. The van der Waals surface area contributed by atoms with Crippen molar-refractivity contribution in [3.05, 3.63) is 77.4 Å². The van der Waals surface area contributed by atoms with Crippen LogP contribution in [-0.2, 0) is 9.59 Å². The molecule has 0 radical (unpaired) electrons. The predicted octanol–water partition coefficient (Wildman–Crippen LogP) is 4.91. The molecule has 3 aromatic rings. The van der Waals surface area contributed by atoms with Gasteiger partial charge >= 0.3 is 0 Å². The number of hydrogen-bond donors (Lipinski definition) is 1. The first-order valence-corrected chi connectivity index (χ1v) is 15.4. The third kappa shape index (κ3) is 5.65. The second-order valence-electron chi connectivity index (χ2n) is 12.6. The van der Waals surface area contributed by atoms with E-state index in [1.807, 2.05) is 35.2 Å². The predicted molar refractivity (Wildman–Crippen MR) is 172 cm³/mol. The van der Waals surface area contributed by atoms with Gasteiger partial charge < -0.3 is 38.6 Å². The van der Waals surface area contributed by atoms with Gasteiger partial charge in [-0.05, 0) is 48.2 Å². The summed E-state index contributed by atoms with van der Waals surface area (Å²) in [5.74, 6) is 1.31. The number of fused-ring (bicyclic) bond motifs is 1. The second-order valence-corrected chi connectivity index (χ2v) is 12.6. The van der Waals surface area contributed by atoms with Gasteiger partial charge in [0.25, 0.3) is 5.91 Å². The van der Waals surface area contributed by atoms with Crippen LogP contribution in [0.15, 0.2) is 70.5 Å². The summed E-state index contributed by atoms with van der Waals surface area (Å²) in [5.41, 5.74) is 3.45. The van der Waals surface area contributed by atoms with Crippen LogP contribution in [-0.4, -0.2) is 81.5 Å². The number of methoxy groups -OCH3 is 3. The molecule has 2 amide bonds. The number of benzene rings is 2. The van der Waals surface area contributed by atoms with Crippen LogP contribution in [0, 0.1) is 5.41 Å². The third-order valence-corrected chi connectivity index (χ3v) is 8.99. The number of amides is 2. The molecule has 2 aliphatic heterocycles. The Labute approximate surface area is 268 Å². The number of furan rings is 1. The van der Waals surface area contributed by atoms with Gasteiger partial charge in [-0.2, -0.15) is 0 Å². The van der Waals surface area contributed by atoms with Gasteiger partial charge in [0.05, 0.1) is 51.6 Å². The number of carbonyl (C=O) groups is 3. The minimum absolute atomic E-state index is 0.0101. The third-order valence-electron chi connectivity index (χ3n) is 8.99. The molecule has 3 aliphatic rings. The van der Waals surface area contributed by atoms with E-state index in [4.69, 9.17) is 18.6 Å². The highest BCUT2D eigenvalue weighted by molar-refractivity contribution is 6.02. The van der Waals surface area contributed by atoms with Crippen LogP contribution >= 0.6 is 0 Å². The molecular formula is C35H40N4O7. The average Bonchev–Trinajstić information content (AvgIpc) is 3.55. The molecule has 1 N–H and O–H groups in total. The van der Waals surface area contributed by atoms with Crippen molar-refractivity contribution in [3.63, 3.8) is 0 Å². The standard InChI is InChI=1S/C35H40N4O7/c1-35(2)19-24-30(26(40)20-35)31(22-12-13-27(43-3)33(45-5)32(22)44-4)39(25-10-7-6-9-23(25)36-24)21-29(41)37-14-16-38(17-15-37)34(42)28-11-8-18-46-28/h6-13,18,31,36H,14-17,19-21H2,1-5H3. The summed E-state index contributed by atoms with van der Waals surface area (Å²) >= 11 is 0. The monoisotopic (exact) mass is 628 g/mol. The van der Waals surface area contributed by atoms with Gasteiger partial charge in [0.15, 0.2) is 23.0 Å². The van der Waals surface area contributed by atoms with Crippen molar-refractivity contribution < 1.29 is 33.0 Å². The Morgan fingerprint density at radius 3 is 2.28 bits per heavy atom. The van der Waals surface area contributed by atoms with E-state index in [1.54, 1.807) is 49.3 Å². The van der Waals surface area contributed by atoms with Crippen molar-refractivity contribution in [3.8, 4) is 17.2 Å². The number of Topliss-reactive ketones (excluding diaryl/α,β-unsaturated/α-hetero) is 1. The molecule has 1 atom stereocenters. The molecule has 46 heavy (non-hydrogen) atoms. The average molecular weight is 629 g/mol. The molecule has 1 saturated heterocycles. The van der Waals surface area contributed by atoms with Crippen LogP contribution in [0.25, 0.3) is 0 Å². The number of rotatable bonds is 7. The largest absolute Gasteiger partial charge is 0.493 e. The number of allylic oxidation sites excluding steroid dienone is 1. The van der Waals surface area contributed by atoms with Crippen molar-refractivity contribution in [1.82, 2.24) is 9.80 Å². The summed E-state index contributed by atoms with van der Waals surface area (Å²) in [6.45, 7) is 5.71. The Kier molecular flexibility index (Phi) is 8.41. The van der Waals surface area contributed by atoms with E-state index >= 15 is 0 Å². The van der Waals surface area contributed by atoms with E-state index in [-0.39, 0.29) is 35.3 Å². The summed E-state index contributed by atoms with van der Waals surface area (Å²) in [7, 11) is 4.66. The summed E-state index contributed by atoms with van der Waals surface area (Å²) < 4.78 is 22.6. The molecule has 2 aromatic carbocycles. The molecule has 0 bridgehead atoms. The molecule has 11 nitrogen and oxygen atoms in total. The van der Waals surface area contributed by atoms with E-state index in [9.17, 15) is 14.4 Å². The fraction of sp³-hybridized carbons (Fsp3) is 0.400. The maximum Gasteiger partial charge on any atom is 0.289 e. The van der Waals surface area contributed by atoms with Crippen LogP contribution in [0.5, 0.6) is 17.2 Å². The van der Waals surface area contributed by atoms with Crippen LogP contribution in [0.3, 0.4) is 0 Å². The molecule has 1 unspecified atom stereocenters. The summed E-state index contributed by atoms with van der Waals surface area (Å²) in [6, 6.07) is 14.1. The highest BCUT2D eigenvalue weighted by atomic mass is 16.5. The van der Waals surface area contributed by atoms with Gasteiger partial charge in [-0.25, -0.2) is 0 Å². The number of nitrogens with one attached hydrogen (secondary N) is 1. The lowest BCUT2D eigenvalue weighted by Gasteiger charge is -2.40. The Morgan fingerprint density at radius 2 is 1.61 bits per heavy atom. The Balaban J connectivity index is 1.41. The van der Waals surface area contributed by atoms with E-state index in [0.717, 1.165) is 17.1 Å². The fourth-order valence-electron chi connectivity index (χ4n) is 6.85. The van der Waals surface area contributed by atoms with Crippen molar-refractivity contribution in [2.24, 2.45) is 5.41 Å². The van der Waals surface area contributed by atoms with Gasteiger partial charge in [0.2, 0.25) is 11.7 Å². The Morgan fingerprint density at radius 1 is 0.891 bits per heavy atom. The zero-order chi connectivity index (χ0) is 32.6. The first-order chi connectivity index (χ1) is 22.2. The zero-order valence-electron chi connectivity index (χ0n) is 26.9. The van der Waals surface area contributed by atoms with Gasteiger partial charge in [-0.15, -0.1) is 0 Å². The number of ketones is 1. The normalized spacial score (nSPS) is 19.1. The summed E-state index contributed by atoms with van der Waals surface area (Å²) in [6.07, 6.45) is 2.50. The second kappa shape index (κ2) is 12.5. The number of hydrogen-bond acceptors (Lipinski definition) is 9. The SMILES string of the molecule is COc1ccc(C2C3=C(CC(C)(C)CC3=O)Nc3ccccc3N2CC(=O)N2CCN(C(=O)c3ccco3)CC2)c(OC)c1OC. The quantitative estimate of drug-likeness (QED) is 0.390. The Hall–Kier alpha value is -4.93. The Bertz CT molecular complexity index is 1670. The topological polar surface area (TPSA) is 114 Å². The molecule has 242 valence electrons. The molecule has 1 fully saturated rings. The van der Waals surface area contributed by atoms with E-state index in [1.165, 1.54) is 6.26 Å². The van der Waals surface area contributed by atoms with E-state index < -0.39 is 6.04 Å². The molecule has 0 saturated carbocycles. The fourth-order valence-corrected chi connectivity index (χ4v) is 6.85. The maximum atomic E-state index is 14.2. The summed E-state index contributed by atoms with van der Waals surface area (Å²) in [4.78, 5) is 46.6. The highest BCUT2D eigenvalue weighted by Crippen LogP contribution is 2.52. The van der Waals surface area contributed by atoms with Crippen molar-refractivity contribution >= 4 is 29.0 Å². The lowest BCUT2D eigenvalue weighted by molar-refractivity contribution is -0.131. The van der Waals surface area contributed by atoms with Crippen LogP contribution in [0.1, 0.15) is 48.8 Å². The number of para-hydroxylation sites is 2. The molecule has 6 rings (SSSR count). The van der Waals surface area contributed by atoms with E-state index in [0.29, 0.717) is 67.4 Å². The van der Waals surface area contributed by atoms with Crippen LogP contribution in [0.2, 0.25) is 0 Å². The van der Waals surface area contributed by atoms with Crippen LogP contribution in [0.4, 0.5) is 11.4 Å². The lowest BCUT2D eigenvalue weighted by Crippen LogP contribution is -2.53. The minimum atomic E-state index is -0.671. The number of anilines is 2. The molecular weight excluding hydrogens is 588 g/mol.